The Morgan fingerprint density at radius 1 is 1.09 bits per heavy atom. The second kappa shape index (κ2) is 8.18. The molecule has 2 bridgehead atoms. The van der Waals surface area contributed by atoms with E-state index in [0.29, 0.717) is 25.3 Å². The van der Waals surface area contributed by atoms with Crippen LogP contribution < -0.4 is 4.74 Å². The predicted octanol–water partition coefficient (Wildman–Crippen LogP) is 5.90. The monoisotopic (exact) mass is 481 g/mol. The molecule has 0 saturated heterocycles. The first-order chi connectivity index (χ1) is 15.5. The molecule has 4 rings (SSSR count). The molecule has 2 saturated carbocycles. The highest BCUT2D eigenvalue weighted by molar-refractivity contribution is 6.32. The van der Waals surface area contributed by atoms with Gasteiger partial charge in [-0.05, 0) is 49.6 Å². The lowest BCUT2D eigenvalue weighted by Gasteiger charge is -2.20. The summed E-state index contributed by atoms with van der Waals surface area (Å²) in [4.78, 5) is 36.1. The van der Waals surface area contributed by atoms with Gasteiger partial charge in [-0.2, -0.15) is 13.2 Å². The lowest BCUT2D eigenvalue weighted by atomic mass is 9.81. The van der Waals surface area contributed by atoms with Crippen molar-refractivity contribution in [3.63, 3.8) is 0 Å². The fourth-order valence-corrected chi connectivity index (χ4v) is 4.39. The first-order valence-corrected chi connectivity index (χ1v) is 10.2. The number of aliphatic hydroxyl groups excluding tert-OH is 1. The minimum Gasteiger partial charge on any atom is -0.506 e. The van der Waals surface area contributed by atoms with Gasteiger partial charge in [-0.3, -0.25) is 19.7 Å². The van der Waals surface area contributed by atoms with E-state index in [-0.39, 0.29) is 16.5 Å². The number of nitro groups is 1. The maximum atomic E-state index is 12.8. The van der Waals surface area contributed by atoms with Gasteiger partial charge in [-0.25, -0.2) is 0 Å². The third kappa shape index (κ3) is 4.18. The highest BCUT2D eigenvalue weighted by Gasteiger charge is 2.45. The van der Waals surface area contributed by atoms with Gasteiger partial charge in [0.25, 0.3) is 5.69 Å². The molecule has 0 aromatic heterocycles. The van der Waals surface area contributed by atoms with Crippen LogP contribution in [0, 0.1) is 22.0 Å². The maximum Gasteiger partial charge on any atom is 0.416 e. The lowest BCUT2D eigenvalue weighted by Crippen LogP contribution is -2.30. The van der Waals surface area contributed by atoms with Crippen LogP contribution in [0.1, 0.15) is 30.4 Å². The molecule has 11 heteroatoms. The lowest BCUT2D eigenvalue weighted by molar-refractivity contribution is -0.385. The number of Topliss-reactive ketones (excluding diaryl/α,β-unsaturated/α-hetero) is 2. The normalized spacial score (nSPS) is 20.2. The number of carbonyl (C=O) groups is 2. The molecule has 2 aliphatic carbocycles. The van der Waals surface area contributed by atoms with Gasteiger partial charge < -0.3 is 9.84 Å². The second-order valence-corrected chi connectivity index (χ2v) is 8.25. The zero-order chi connectivity index (χ0) is 24.1. The fourth-order valence-electron chi connectivity index (χ4n) is 4.17. The minimum absolute atomic E-state index is 0.108. The summed E-state index contributed by atoms with van der Waals surface area (Å²) >= 11 is 5.89. The number of alkyl halides is 3. The summed E-state index contributed by atoms with van der Waals surface area (Å²) in [6.07, 6.45) is -3.21. The topological polar surface area (TPSA) is 107 Å². The van der Waals surface area contributed by atoms with Crippen molar-refractivity contribution in [1.82, 2.24) is 0 Å². The van der Waals surface area contributed by atoms with E-state index >= 15 is 0 Å². The van der Waals surface area contributed by atoms with E-state index in [1.54, 1.807) is 0 Å². The first kappa shape index (κ1) is 22.8. The van der Waals surface area contributed by atoms with Crippen LogP contribution in [-0.2, 0) is 15.8 Å². The van der Waals surface area contributed by atoms with E-state index in [1.165, 1.54) is 0 Å². The third-order valence-electron chi connectivity index (χ3n) is 5.81. The van der Waals surface area contributed by atoms with E-state index in [4.69, 9.17) is 16.3 Å². The number of allylic oxidation sites excluding steroid dienone is 1. The number of fused-ring (bicyclic) bond motifs is 2. The summed E-state index contributed by atoms with van der Waals surface area (Å²) in [6.45, 7) is 0. The highest BCUT2D eigenvalue weighted by atomic mass is 35.5. The average Bonchev–Trinajstić information content (AvgIpc) is 3.20. The summed E-state index contributed by atoms with van der Waals surface area (Å²) in [5.41, 5.74) is -2.46. The molecule has 2 aliphatic rings. The van der Waals surface area contributed by atoms with Crippen LogP contribution in [0.15, 0.2) is 42.0 Å². The number of nitrogens with zero attached hydrogens (tertiary/aromatic N) is 1. The Balaban J connectivity index is 1.75. The van der Waals surface area contributed by atoms with Crippen molar-refractivity contribution < 1.29 is 37.5 Å². The first-order valence-electron chi connectivity index (χ1n) is 9.82. The van der Waals surface area contributed by atoms with E-state index in [0.717, 1.165) is 30.3 Å². The van der Waals surface area contributed by atoms with Gasteiger partial charge in [-0.1, -0.05) is 11.6 Å². The van der Waals surface area contributed by atoms with Gasteiger partial charge in [0.2, 0.25) is 0 Å². The fraction of sp³-hybridized carbons (Fsp3) is 0.273. The summed E-state index contributed by atoms with van der Waals surface area (Å²) in [5.74, 6) is -3.06. The van der Waals surface area contributed by atoms with Gasteiger partial charge >= 0.3 is 6.18 Å². The molecule has 2 fully saturated rings. The number of aliphatic hydroxyl groups is 1. The summed E-state index contributed by atoms with van der Waals surface area (Å²) in [5, 5.41) is 21.9. The molecule has 2 aromatic rings. The Morgan fingerprint density at radius 3 is 2.27 bits per heavy atom. The van der Waals surface area contributed by atoms with Gasteiger partial charge in [0.15, 0.2) is 11.6 Å². The Kier molecular flexibility index (Phi) is 5.65. The van der Waals surface area contributed by atoms with E-state index in [9.17, 15) is 38.0 Å². The van der Waals surface area contributed by atoms with Crippen molar-refractivity contribution in [3.8, 4) is 11.5 Å². The molecule has 0 amide bonds. The zero-order valence-electron chi connectivity index (χ0n) is 16.7. The van der Waals surface area contributed by atoms with Gasteiger partial charge in [0.05, 0.1) is 21.1 Å². The minimum atomic E-state index is -4.61. The van der Waals surface area contributed by atoms with E-state index < -0.39 is 62.6 Å². The number of halogens is 4. The number of nitro benzene ring substituents is 1. The van der Waals surface area contributed by atoms with E-state index in [1.807, 2.05) is 0 Å². The van der Waals surface area contributed by atoms with Crippen molar-refractivity contribution in [1.29, 1.82) is 0 Å². The van der Waals surface area contributed by atoms with Gasteiger partial charge in [0, 0.05) is 17.9 Å². The van der Waals surface area contributed by atoms with Gasteiger partial charge in [0.1, 0.15) is 22.8 Å². The molecule has 33 heavy (non-hydrogen) atoms. The largest absolute Gasteiger partial charge is 0.506 e. The Hall–Kier alpha value is -3.40. The molecule has 172 valence electrons. The number of rotatable bonds is 4. The van der Waals surface area contributed by atoms with Crippen LogP contribution >= 0.6 is 11.6 Å². The van der Waals surface area contributed by atoms with Crippen LogP contribution in [0.4, 0.5) is 18.9 Å². The number of ether oxygens (including phenoxy) is 1. The Bertz CT molecular complexity index is 1200. The molecule has 0 spiro atoms. The number of hydrogen-bond donors (Lipinski definition) is 1. The van der Waals surface area contributed by atoms with Crippen molar-refractivity contribution in [3.05, 3.63) is 68.2 Å². The number of benzene rings is 2. The molecular formula is C22H15ClF3NO6. The molecule has 0 aliphatic heterocycles. The van der Waals surface area contributed by atoms with Crippen LogP contribution in [-0.4, -0.2) is 21.6 Å². The quantitative estimate of drug-likeness (QED) is 0.192. The summed E-state index contributed by atoms with van der Waals surface area (Å²) < 4.78 is 44.0. The van der Waals surface area contributed by atoms with Crippen LogP contribution in [0.3, 0.4) is 0 Å². The summed E-state index contributed by atoms with van der Waals surface area (Å²) in [6, 6.07) is 5.58. The molecule has 0 heterocycles. The molecule has 2 atom stereocenters. The molecule has 2 aromatic carbocycles. The molecule has 2 unspecified atom stereocenters. The molecule has 7 nitrogen and oxygen atoms in total. The zero-order valence-corrected chi connectivity index (χ0v) is 17.4. The summed E-state index contributed by atoms with van der Waals surface area (Å²) in [7, 11) is 0. The van der Waals surface area contributed by atoms with Crippen molar-refractivity contribution in [2.75, 3.05) is 0 Å². The second-order valence-electron chi connectivity index (χ2n) is 7.84. The number of ketones is 2. The van der Waals surface area contributed by atoms with Crippen molar-refractivity contribution in [2.45, 2.75) is 25.4 Å². The average molecular weight is 482 g/mol. The number of hydrogen-bond acceptors (Lipinski definition) is 6. The molecule has 1 N–H and O–H groups in total. The standard InChI is InChI=1S/C22H15ClF3NO6/c23-15-8-12(22(24,25)26)3-6-17(15)33-13-4-5-16(27(31)32)14(9-13)21(30)18-19(28)10-1-2-11(7-10)20(18)29/h3-6,8-11,30H,1-2,7H2. The van der Waals surface area contributed by atoms with Gasteiger partial charge in [-0.15, -0.1) is 0 Å². The van der Waals surface area contributed by atoms with Crippen LogP contribution in [0.25, 0.3) is 5.76 Å². The van der Waals surface area contributed by atoms with E-state index in [2.05, 4.69) is 0 Å². The third-order valence-corrected chi connectivity index (χ3v) is 6.11. The maximum absolute atomic E-state index is 12.8. The smallest absolute Gasteiger partial charge is 0.416 e. The molecular weight excluding hydrogens is 467 g/mol. The van der Waals surface area contributed by atoms with Crippen molar-refractivity contribution in [2.24, 2.45) is 11.8 Å². The van der Waals surface area contributed by atoms with Crippen LogP contribution in [0.2, 0.25) is 5.02 Å². The number of carbonyl (C=O) groups excluding carboxylic acids is 2. The van der Waals surface area contributed by atoms with Crippen molar-refractivity contribution >= 4 is 34.6 Å². The Morgan fingerprint density at radius 2 is 1.73 bits per heavy atom. The highest BCUT2D eigenvalue weighted by Crippen LogP contribution is 2.43. The van der Waals surface area contributed by atoms with Crippen LogP contribution in [0.5, 0.6) is 11.5 Å². The molecule has 0 radical (unpaired) electrons. The SMILES string of the molecule is O=C1C(=C(O)c2cc(Oc3ccc(C(F)(F)F)cc3Cl)ccc2[N+](=O)[O-])C(=O)C2CCC1C2. The Labute approximate surface area is 189 Å². The predicted molar refractivity (Wildman–Crippen MR) is 110 cm³/mol.